The Balaban J connectivity index is 2.07. The van der Waals surface area contributed by atoms with Crippen LogP contribution in [0.5, 0.6) is 0 Å². The fourth-order valence-corrected chi connectivity index (χ4v) is 2.07. The van der Waals surface area contributed by atoms with E-state index < -0.39 is 0 Å². The van der Waals surface area contributed by atoms with Gasteiger partial charge in [-0.25, -0.2) is 4.98 Å². The van der Waals surface area contributed by atoms with Crippen LogP contribution in [0.15, 0.2) is 12.1 Å². The maximum absolute atomic E-state index is 9.38. The first-order valence-electron chi connectivity index (χ1n) is 4.86. The highest BCUT2D eigenvalue weighted by atomic mass is 35.5. The lowest BCUT2D eigenvalue weighted by molar-refractivity contribution is 0.174. The van der Waals surface area contributed by atoms with Crippen molar-refractivity contribution in [1.82, 2.24) is 9.88 Å². The molecule has 2 rings (SSSR count). The van der Waals surface area contributed by atoms with Crippen LogP contribution >= 0.6 is 23.2 Å². The van der Waals surface area contributed by atoms with Gasteiger partial charge in [0, 0.05) is 19.6 Å². The third-order valence-corrected chi connectivity index (χ3v) is 3.06. The lowest BCUT2D eigenvalue weighted by atomic mass is 10.3. The van der Waals surface area contributed by atoms with Crippen LogP contribution in [0.2, 0.25) is 10.2 Å². The van der Waals surface area contributed by atoms with Crippen LogP contribution in [0.25, 0.3) is 0 Å². The van der Waals surface area contributed by atoms with E-state index in [4.69, 9.17) is 23.2 Å². The summed E-state index contributed by atoms with van der Waals surface area (Å²) >= 11 is 11.8. The Labute approximate surface area is 98.6 Å². The molecule has 5 heteroatoms. The predicted octanol–water partition coefficient (Wildman–Crippen LogP) is 1.96. The minimum atomic E-state index is -0.219. The summed E-state index contributed by atoms with van der Waals surface area (Å²) < 4.78 is 0. The quantitative estimate of drug-likeness (QED) is 0.811. The number of nitrogens with zero attached hydrogens (tertiary/aromatic N) is 2. The molecule has 0 aromatic carbocycles. The van der Waals surface area contributed by atoms with Crippen LogP contribution < -0.4 is 0 Å². The molecule has 1 aliphatic heterocycles. The molecule has 15 heavy (non-hydrogen) atoms. The Bertz CT molecular complexity index is 359. The molecule has 0 saturated carbocycles. The standard InChI is InChI=1S/C10H12Cl2N2O/c11-8-1-2-10(12)13-9(8)6-14-4-3-7(15)5-14/h1-2,7,15H,3-6H2/t7-/m0/s1. The average Bonchev–Trinajstić information content (AvgIpc) is 2.58. The minimum absolute atomic E-state index is 0.219. The molecule has 1 saturated heterocycles. The van der Waals surface area contributed by atoms with E-state index in [9.17, 15) is 5.11 Å². The Morgan fingerprint density at radius 2 is 2.27 bits per heavy atom. The maximum atomic E-state index is 9.38. The number of aromatic nitrogens is 1. The molecule has 0 unspecified atom stereocenters. The van der Waals surface area contributed by atoms with Gasteiger partial charge >= 0.3 is 0 Å². The predicted molar refractivity (Wildman–Crippen MR) is 60.2 cm³/mol. The van der Waals surface area contributed by atoms with Gasteiger partial charge in [0.1, 0.15) is 5.15 Å². The summed E-state index contributed by atoms with van der Waals surface area (Å²) in [6.45, 7) is 2.21. The minimum Gasteiger partial charge on any atom is -0.392 e. The molecule has 1 aromatic rings. The molecule has 1 N–H and O–H groups in total. The fraction of sp³-hybridized carbons (Fsp3) is 0.500. The van der Waals surface area contributed by atoms with Crippen LogP contribution in [-0.4, -0.2) is 34.2 Å². The Kier molecular flexibility index (Phi) is 3.46. The largest absolute Gasteiger partial charge is 0.392 e. The molecular weight excluding hydrogens is 235 g/mol. The summed E-state index contributed by atoms with van der Waals surface area (Å²) in [7, 11) is 0. The lowest BCUT2D eigenvalue weighted by Gasteiger charge is -2.14. The Hall–Kier alpha value is -0.350. The van der Waals surface area contributed by atoms with Crippen molar-refractivity contribution in [3.05, 3.63) is 28.0 Å². The van der Waals surface area contributed by atoms with Gasteiger partial charge in [0.15, 0.2) is 0 Å². The highest BCUT2D eigenvalue weighted by Gasteiger charge is 2.21. The molecule has 3 nitrogen and oxygen atoms in total. The van der Waals surface area contributed by atoms with Gasteiger partial charge < -0.3 is 5.11 Å². The molecular formula is C10H12Cl2N2O. The summed E-state index contributed by atoms with van der Waals surface area (Å²) in [6, 6.07) is 3.42. The average molecular weight is 247 g/mol. The number of rotatable bonds is 2. The third kappa shape index (κ3) is 2.82. The zero-order valence-corrected chi connectivity index (χ0v) is 9.67. The summed E-state index contributed by atoms with van der Waals surface area (Å²) in [5.41, 5.74) is 0.776. The first-order chi connectivity index (χ1) is 7.15. The second kappa shape index (κ2) is 4.66. The van der Waals surface area contributed by atoms with E-state index >= 15 is 0 Å². The van der Waals surface area contributed by atoms with Gasteiger partial charge in [-0.3, -0.25) is 4.90 Å². The van der Waals surface area contributed by atoms with Gasteiger partial charge in [0.05, 0.1) is 16.8 Å². The van der Waals surface area contributed by atoms with E-state index in [1.54, 1.807) is 12.1 Å². The van der Waals surface area contributed by atoms with E-state index in [1.807, 2.05) is 0 Å². The van der Waals surface area contributed by atoms with Crippen molar-refractivity contribution in [3.63, 3.8) is 0 Å². The second-order valence-corrected chi connectivity index (χ2v) is 4.53. The number of β-amino-alcohol motifs (C(OH)–C–C–N with tert-alkyl or cyclic N) is 1. The fourth-order valence-electron chi connectivity index (χ4n) is 1.74. The zero-order valence-electron chi connectivity index (χ0n) is 8.16. The Morgan fingerprint density at radius 1 is 1.47 bits per heavy atom. The van der Waals surface area contributed by atoms with Crippen molar-refractivity contribution in [2.24, 2.45) is 0 Å². The van der Waals surface area contributed by atoms with E-state index in [2.05, 4.69) is 9.88 Å². The number of pyridine rings is 1. The number of hydrogen-bond acceptors (Lipinski definition) is 3. The number of aliphatic hydroxyl groups excluding tert-OH is 1. The SMILES string of the molecule is O[C@H]1CCN(Cc2nc(Cl)ccc2Cl)C1. The number of halogens is 2. The van der Waals surface area contributed by atoms with Gasteiger partial charge in [-0.2, -0.15) is 0 Å². The molecule has 1 aromatic heterocycles. The summed E-state index contributed by atoms with van der Waals surface area (Å²) in [5, 5.41) is 10.5. The van der Waals surface area contributed by atoms with E-state index in [1.165, 1.54) is 0 Å². The van der Waals surface area contributed by atoms with E-state index in [0.717, 1.165) is 18.7 Å². The summed E-state index contributed by atoms with van der Waals surface area (Å²) in [6.07, 6.45) is 0.598. The van der Waals surface area contributed by atoms with Gasteiger partial charge in [0.25, 0.3) is 0 Å². The van der Waals surface area contributed by atoms with E-state index in [0.29, 0.717) is 23.3 Å². The maximum Gasteiger partial charge on any atom is 0.129 e. The highest BCUT2D eigenvalue weighted by molar-refractivity contribution is 6.32. The molecule has 1 fully saturated rings. The summed E-state index contributed by atoms with van der Waals surface area (Å²) in [4.78, 5) is 6.29. The molecule has 1 atom stereocenters. The topological polar surface area (TPSA) is 36.4 Å². The van der Waals surface area contributed by atoms with Gasteiger partial charge in [-0.15, -0.1) is 0 Å². The van der Waals surface area contributed by atoms with Gasteiger partial charge in [-0.1, -0.05) is 23.2 Å². The van der Waals surface area contributed by atoms with E-state index in [-0.39, 0.29) is 6.10 Å². The van der Waals surface area contributed by atoms with Crippen molar-refractivity contribution < 1.29 is 5.11 Å². The van der Waals surface area contributed by atoms with Crippen LogP contribution in [0.1, 0.15) is 12.1 Å². The molecule has 0 aliphatic carbocycles. The third-order valence-electron chi connectivity index (χ3n) is 2.51. The number of hydrogen-bond donors (Lipinski definition) is 1. The molecule has 0 radical (unpaired) electrons. The zero-order chi connectivity index (χ0) is 10.8. The van der Waals surface area contributed by atoms with Crippen LogP contribution in [0.4, 0.5) is 0 Å². The molecule has 82 valence electrons. The Morgan fingerprint density at radius 3 is 2.93 bits per heavy atom. The molecule has 0 bridgehead atoms. The number of likely N-dealkylation sites (tertiary alicyclic amines) is 1. The molecule has 0 amide bonds. The van der Waals surface area contributed by atoms with Crippen molar-refractivity contribution in [2.45, 2.75) is 19.1 Å². The molecule has 1 aliphatic rings. The summed E-state index contributed by atoms with van der Waals surface area (Å²) in [5.74, 6) is 0. The van der Waals surface area contributed by atoms with Gasteiger partial charge in [0.2, 0.25) is 0 Å². The van der Waals surface area contributed by atoms with Crippen molar-refractivity contribution in [3.8, 4) is 0 Å². The molecule has 0 spiro atoms. The van der Waals surface area contributed by atoms with Gasteiger partial charge in [-0.05, 0) is 18.6 Å². The first-order valence-corrected chi connectivity index (χ1v) is 5.62. The normalized spacial score (nSPS) is 22.2. The van der Waals surface area contributed by atoms with Crippen LogP contribution in [-0.2, 0) is 6.54 Å². The molecule has 2 heterocycles. The van der Waals surface area contributed by atoms with Crippen LogP contribution in [0, 0.1) is 0 Å². The highest BCUT2D eigenvalue weighted by Crippen LogP contribution is 2.20. The monoisotopic (exact) mass is 246 g/mol. The van der Waals surface area contributed by atoms with Crippen molar-refractivity contribution in [1.29, 1.82) is 0 Å². The van der Waals surface area contributed by atoms with Crippen molar-refractivity contribution >= 4 is 23.2 Å². The smallest absolute Gasteiger partial charge is 0.129 e. The first kappa shape index (κ1) is 11.1. The van der Waals surface area contributed by atoms with Crippen LogP contribution in [0.3, 0.4) is 0 Å². The second-order valence-electron chi connectivity index (χ2n) is 3.74. The number of aliphatic hydroxyl groups is 1. The van der Waals surface area contributed by atoms with Crippen molar-refractivity contribution in [2.75, 3.05) is 13.1 Å². The lowest BCUT2D eigenvalue weighted by Crippen LogP contribution is -2.22.